The molecule has 164 valence electrons. The van der Waals surface area contributed by atoms with Gasteiger partial charge in [-0.3, -0.25) is 9.69 Å². The minimum Gasteiger partial charge on any atom is -0.391 e. The Morgan fingerprint density at radius 2 is 2.03 bits per heavy atom. The lowest BCUT2D eigenvalue weighted by Gasteiger charge is -2.21. The van der Waals surface area contributed by atoms with Gasteiger partial charge in [0.1, 0.15) is 0 Å². The molecule has 0 saturated carbocycles. The summed E-state index contributed by atoms with van der Waals surface area (Å²) in [5.41, 5.74) is 4.52. The SMILES string of the molecule is CSCCCCc1cc(C(=O)CN2C3CCC2[C@@H](O)C3)c(C)n1-c1ccc(C#N)cc1. The predicted molar refractivity (Wildman–Crippen MR) is 125 cm³/mol. The number of carbonyl (C=O) groups excluding carboxylic acids is 1. The quantitative estimate of drug-likeness (QED) is 0.472. The Balaban J connectivity index is 1.60. The topological polar surface area (TPSA) is 69.3 Å². The van der Waals surface area contributed by atoms with Crippen LogP contribution in [-0.2, 0) is 6.42 Å². The predicted octanol–water partition coefficient (Wildman–Crippen LogP) is 4.12. The fraction of sp³-hybridized carbons (Fsp3) is 0.520. The van der Waals surface area contributed by atoms with Gasteiger partial charge < -0.3 is 9.67 Å². The lowest BCUT2D eigenvalue weighted by Crippen LogP contribution is -2.36. The normalized spacial score (nSPS) is 22.7. The van der Waals surface area contributed by atoms with E-state index in [1.54, 1.807) is 0 Å². The molecule has 0 aliphatic carbocycles. The third-order valence-electron chi connectivity index (χ3n) is 6.88. The van der Waals surface area contributed by atoms with Gasteiger partial charge in [0.15, 0.2) is 5.78 Å². The lowest BCUT2D eigenvalue weighted by molar-refractivity contribution is 0.0873. The van der Waals surface area contributed by atoms with Crippen LogP contribution in [0, 0.1) is 18.3 Å². The Labute approximate surface area is 189 Å². The second-order valence-corrected chi connectivity index (χ2v) is 9.76. The number of thioether (sulfide) groups is 1. The van der Waals surface area contributed by atoms with Crippen LogP contribution in [0.3, 0.4) is 0 Å². The molecule has 2 aliphatic rings. The molecule has 4 rings (SSSR count). The van der Waals surface area contributed by atoms with E-state index in [4.69, 9.17) is 5.26 Å². The maximum Gasteiger partial charge on any atom is 0.178 e. The van der Waals surface area contributed by atoms with Gasteiger partial charge in [0.25, 0.3) is 0 Å². The highest BCUT2D eigenvalue weighted by molar-refractivity contribution is 7.98. The molecular weight excluding hydrogens is 406 g/mol. The number of rotatable bonds is 9. The first-order valence-electron chi connectivity index (χ1n) is 11.2. The summed E-state index contributed by atoms with van der Waals surface area (Å²) in [4.78, 5) is 15.6. The van der Waals surface area contributed by atoms with Crippen molar-refractivity contribution in [3.8, 4) is 11.8 Å². The number of unbranched alkanes of at least 4 members (excludes halogenated alkanes) is 1. The van der Waals surface area contributed by atoms with E-state index in [2.05, 4.69) is 27.9 Å². The van der Waals surface area contributed by atoms with Gasteiger partial charge in [-0.1, -0.05) is 0 Å². The molecule has 2 unspecified atom stereocenters. The number of aliphatic hydroxyl groups is 1. The van der Waals surface area contributed by atoms with Crippen LogP contribution in [0.1, 0.15) is 59.4 Å². The number of fused-ring (bicyclic) bond motifs is 2. The summed E-state index contributed by atoms with van der Waals surface area (Å²) in [6, 6.07) is 12.3. The first-order valence-corrected chi connectivity index (χ1v) is 12.6. The van der Waals surface area contributed by atoms with Gasteiger partial charge in [0.2, 0.25) is 0 Å². The molecule has 0 amide bonds. The number of nitriles is 1. The van der Waals surface area contributed by atoms with Crippen molar-refractivity contribution in [1.82, 2.24) is 9.47 Å². The molecule has 3 atom stereocenters. The number of hydrogen-bond donors (Lipinski definition) is 1. The van der Waals surface area contributed by atoms with Crippen molar-refractivity contribution in [2.45, 2.75) is 63.6 Å². The van der Waals surface area contributed by atoms with Crippen LogP contribution in [0.15, 0.2) is 30.3 Å². The molecule has 3 heterocycles. The highest BCUT2D eigenvalue weighted by atomic mass is 32.2. The van der Waals surface area contributed by atoms with Gasteiger partial charge in [0.05, 0.1) is 24.3 Å². The van der Waals surface area contributed by atoms with Gasteiger partial charge in [0, 0.05) is 34.7 Å². The molecule has 2 saturated heterocycles. The first-order chi connectivity index (χ1) is 15.0. The molecule has 0 spiro atoms. The molecule has 6 heteroatoms. The van der Waals surface area contributed by atoms with E-state index in [9.17, 15) is 9.90 Å². The zero-order valence-electron chi connectivity index (χ0n) is 18.4. The van der Waals surface area contributed by atoms with Crippen molar-refractivity contribution < 1.29 is 9.90 Å². The van der Waals surface area contributed by atoms with Crippen LogP contribution in [-0.4, -0.2) is 57.1 Å². The summed E-state index contributed by atoms with van der Waals surface area (Å²) in [5.74, 6) is 1.28. The maximum atomic E-state index is 13.3. The second-order valence-electron chi connectivity index (χ2n) is 8.78. The van der Waals surface area contributed by atoms with Crippen molar-refractivity contribution in [1.29, 1.82) is 5.26 Å². The number of hydrogen-bond acceptors (Lipinski definition) is 5. The van der Waals surface area contributed by atoms with Gasteiger partial charge in [-0.25, -0.2) is 0 Å². The number of nitrogens with zero attached hydrogens (tertiary/aromatic N) is 3. The molecule has 0 radical (unpaired) electrons. The van der Waals surface area contributed by atoms with Crippen LogP contribution in [0.5, 0.6) is 0 Å². The minimum absolute atomic E-state index is 0.140. The zero-order chi connectivity index (χ0) is 22.0. The Hall–Kier alpha value is -2.07. The Kier molecular flexibility index (Phi) is 6.86. The van der Waals surface area contributed by atoms with Crippen LogP contribution in [0.4, 0.5) is 0 Å². The summed E-state index contributed by atoms with van der Waals surface area (Å²) in [5, 5.41) is 19.4. The van der Waals surface area contributed by atoms with Crippen LogP contribution in [0.25, 0.3) is 5.69 Å². The number of ketones is 1. The van der Waals surface area contributed by atoms with E-state index in [0.717, 1.165) is 66.9 Å². The third-order valence-corrected chi connectivity index (χ3v) is 7.58. The number of Topliss-reactive ketones (excluding diaryl/α,β-unsaturated/α-hetero) is 1. The number of carbonyl (C=O) groups is 1. The van der Waals surface area contributed by atoms with Crippen LogP contribution >= 0.6 is 11.8 Å². The molecule has 2 aromatic rings. The van der Waals surface area contributed by atoms with Gasteiger partial charge in [-0.15, -0.1) is 0 Å². The molecular formula is C25H31N3O2S. The fourth-order valence-corrected chi connectivity index (χ4v) is 5.79. The van der Waals surface area contributed by atoms with Crippen molar-refractivity contribution in [3.05, 3.63) is 52.8 Å². The monoisotopic (exact) mass is 437 g/mol. The summed E-state index contributed by atoms with van der Waals surface area (Å²) >= 11 is 1.86. The second kappa shape index (κ2) is 9.60. The summed E-state index contributed by atoms with van der Waals surface area (Å²) in [6.07, 6.45) is 7.86. The van der Waals surface area contributed by atoms with Crippen LogP contribution in [0.2, 0.25) is 0 Å². The van der Waals surface area contributed by atoms with Crippen molar-refractivity contribution in [2.75, 3.05) is 18.6 Å². The number of aromatic nitrogens is 1. The van der Waals surface area contributed by atoms with E-state index in [1.807, 2.05) is 43.0 Å². The Morgan fingerprint density at radius 1 is 1.26 bits per heavy atom. The molecule has 2 aliphatic heterocycles. The zero-order valence-corrected chi connectivity index (χ0v) is 19.2. The fourth-order valence-electron chi connectivity index (χ4n) is 5.30. The van der Waals surface area contributed by atoms with Crippen LogP contribution < -0.4 is 0 Å². The van der Waals surface area contributed by atoms with E-state index >= 15 is 0 Å². The van der Waals surface area contributed by atoms with Crippen molar-refractivity contribution >= 4 is 17.5 Å². The number of benzene rings is 1. The van der Waals surface area contributed by atoms with Gasteiger partial charge in [-0.05, 0) is 87.8 Å². The molecule has 1 N–H and O–H groups in total. The van der Waals surface area contributed by atoms with E-state index in [-0.39, 0.29) is 17.9 Å². The molecule has 1 aromatic carbocycles. The standard InChI is InChI=1S/C25H31N3O2S/c1-17-22(25(30)16-27-20-10-11-23(27)24(29)14-20)13-21(5-3-4-12-31-2)28(17)19-8-6-18(15-26)7-9-19/h6-9,13,20,23-24,29H,3-5,10-12,14,16H2,1-2H3/t20?,23?,24-/m0/s1. The van der Waals surface area contributed by atoms with Gasteiger partial charge in [-0.2, -0.15) is 17.0 Å². The van der Waals surface area contributed by atoms with E-state index in [1.165, 1.54) is 0 Å². The highest BCUT2D eigenvalue weighted by Gasteiger charge is 2.46. The van der Waals surface area contributed by atoms with Crippen molar-refractivity contribution in [3.63, 3.8) is 0 Å². The minimum atomic E-state index is -0.289. The molecule has 2 fully saturated rings. The molecule has 1 aromatic heterocycles. The Morgan fingerprint density at radius 3 is 2.65 bits per heavy atom. The molecule has 31 heavy (non-hydrogen) atoms. The lowest BCUT2D eigenvalue weighted by atomic mass is 9.98. The molecule has 5 nitrogen and oxygen atoms in total. The molecule has 2 bridgehead atoms. The van der Waals surface area contributed by atoms with Gasteiger partial charge >= 0.3 is 0 Å². The summed E-state index contributed by atoms with van der Waals surface area (Å²) in [6.45, 7) is 2.40. The van der Waals surface area contributed by atoms with E-state index < -0.39 is 0 Å². The number of aryl methyl sites for hydroxylation is 1. The summed E-state index contributed by atoms with van der Waals surface area (Å²) < 4.78 is 2.18. The van der Waals surface area contributed by atoms with E-state index in [0.29, 0.717) is 18.2 Å². The highest BCUT2D eigenvalue weighted by Crippen LogP contribution is 2.37. The average molecular weight is 438 g/mol. The Bertz CT molecular complexity index is 976. The smallest absolute Gasteiger partial charge is 0.178 e. The third kappa shape index (κ3) is 4.45. The summed E-state index contributed by atoms with van der Waals surface area (Å²) in [7, 11) is 0. The largest absolute Gasteiger partial charge is 0.391 e. The average Bonchev–Trinajstić information content (AvgIpc) is 3.41. The first kappa shape index (κ1) is 22.1. The maximum absolute atomic E-state index is 13.3. The van der Waals surface area contributed by atoms with Crippen molar-refractivity contribution in [2.24, 2.45) is 0 Å². The number of aliphatic hydroxyl groups excluding tert-OH is 1.